The summed E-state index contributed by atoms with van der Waals surface area (Å²) in [6.07, 6.45) is 2.09. The van der Waals surface area contributed by atoms with Gasteiger partial charge in [0.2, 0.25) is 0 Å². The largest absolute Gasteiger partial charge is 0.346 e. The molecule has 0 radical (unpaired) electrons. The Hall–Kier alpha value is -0.840. The second-order valence-corrected chi connectivity index (χ2v) is 4.24. The predicted octanol–water partition coefficient (Wildman–Crippen LogP) is 2.81. The van der Waals surface area contributed by atoms with E-state index in [1.165, 1.54) is 10.9 Å². The van der Waals surface area contributed by atoms with Crippen molar-refractivity contribution < 1.29 is 4.84 Å². The van der Waals surface area contributed by atoms with Crippen LogP contribution in [-0.4, -0.2) is 4.57 Å². The lowest BCUT2D eigenvalue weighted by Gasteiger charge is -2.01. The van der Waals surface area contributed by atoms with E-state index in [2.05, 4.69) is 39.7 Å². The number of hydrogen-bond acceptors (Lipinski definition) is 2. The third kappa shape index (κ3) is 1.80. The van der Waals surface area contributed by atoms with Crippen molar-refractivity contribution in [2.24, 2.45) is 5.90 Å². The molecule has 2 rings (SSSR count). The normalized spacial score (nSPS) is 11.1. The van der Waals surface area contributed by atoms with Crippen LogP contribution in [0.1, 0.15) is 12.5 Å². The van der Waals surface area contributed by atoms with Gasteiger partial charge in [-0.2, -0.15) is 0 Å². The zero-order valence-electron chi connectivity index (χ0n) is 8.53. The molecule has 2 aromatic rings. The minimum Gasteiger partial charge on any atom is -0.346 e. The van der Waals surface area contributed by atoms with Crippen LogP contribution in [-0.2, 0) is 18.0 Å². The third-order valence-electron chi connectivity index (χ3n) is 2.51. The molecule has 0 atom stereocenters. The van der Waals surface area contributed by atoms with Gasteiger partial charge in [0.05, 0.1) is 12.1 Å². The first kappa shape index (κ1) is 10.7. The summed E-state index contributed by atoms with van der Waals surface area (Å²) in [6, 6.07) is 6.15. The molecule has 0 spiro atoms. The molecule has 0 unspecified atom stereocenters. The van der Waals surface area contributed by atoms with Gasteiger partial charge in [0, 0.05) is 28.2 Å². The fraction of sp³-hybridized carbons (Fsp3) is 0.273. The maximum absolute atomic E-state index is 5.12. The fourth-order valence-electron chi connectivity index (χ4n) is 1.84. The number of hydrogen-bond donors (Lipinski definition) is 1. The molecule has 1 aromatic heterocycles. The van der Waals surface area contributed by atoms with Crippen LogP contribution in [0.2, 0.25) is 0 Å². The van der Waals surface area contributed by atoms with E-state index in [0.29, 0.717) is 6.61 Å². The number of aryl methyl sites for hydroxylation is 1. The highest BCUT2D eigenvalue weighted by molar-refractivity contribution is 9.10. The number of halogens is 1. The molecule has 2 N–H and O–H groups in total. The Morgan fingerprint density at radius 3 is 2.93 bits per heavy atom. The average Bonchev–Trinajstić information content (AvgIpc) is 2.59. The molecule has 0 aliphatic rings. The average molecular weight is 269 g/mol. The molecule has 0 saturated carbocycles. The number of benzene rings is 1. The van der Waals surface area contributed by atoms with Gasteiger partial charge in [-0.3, -0.25) is 4.84 Å². The minimum absolute atomic E-state index is 0.444. The summed E-state index contributed by atoms with van der Waals surface area (Å²) in [5, 5.41) is 1.19. The molecule has 0 bridgehead atoms. The van der Waals surface area contributed by atoms with Crippen molar-refractivity contribution in [1.29, 1.82) is 0 Å². The Morgan fingerprint density at radius 1 is 1.47 bits per heavy atom. The number of para-hydroxylation sites is 1. The van der Waals surface area contributed by atoms with Crippen LogP contribution in [0.5, 0.6) is 0 Å². The first-order valence-electron chi connectivity index (χ1n) is 4.85. The van der Waals surface area contributed by atoms with Crippen LogP contribution in [0.15, 0.2) is 28.9 Å². The van der Waals surface area contributed by atoms with E-state index in [-0.39, 0.29) is 0 Å². The van der Waals surface area contributed by atoms with Gasteiger partial charge in [0.25, 0.3) is 0 Å². The van der Waals surface area contributed by atoms with Gasteiger partial charge >= 0.3 is 0 Å². The van der Waals surface area contributed by atoms with Gasteiger partial charge in [0.1, 0.15) is 0 Å². The lowest BCUT2D eigenvalue weighted by molar-refractivity contribution is 0.125. The Kier molecular flexibility index (Phi) is 3.09. The molecular weight excluding hydrogens is 256 g/mol. The van der Waals surface area contributed by atoms with Crippen LogP contribution < -0.4 is 5.90 Å². The van der Waals surface area contributed by atoms with Gasteiger partial charge in [-0.15, -0.1) is 0 Å². The number of nitrogens with zero attached hydrogens (tertiary/aromatic N) is 1. The Balaban J connectivity index is 2.69. The van der Waals surface area contributed by atoms with Crippen molar-refractivity contribution in [3.63, 3.8) is 0 Å². The number of aromatic nitrogens is 1. The van der Waals surface area contributed by atoms with Gasteiger partial charge in [0.15, 0.2) is 0 Å². The van der Waals surface area contributed by atoms with Crippen molar-refractivity contribution in [2.75, 3.05) is 0 Å². The molecule has 0 fully saturated rings. The molecule has 0 aliphatic carbocycles. The Morgan fingerprint density at radius 2 is 2.27 bits per heavy atom. The third-order valence-corrected chi connectivity index (χ3v) is 3.15. The Bertz CT molecular complexity index is 479. The summed E-state index contributed by atoms with van der Waals surface area (Å²) in [5.74, 6) is 5.12. The van der Waals surface area contributed by atoms with Crippen LogP contribution >= 0.6 is 15.9 Å². The number of fused-ring (bicyclic) bond motifs is 1. The molecule has 1 aromatic carbocycles. The summed E-state index contributed by atoms with van der Waals surface area (Å²) in [7, 11) is 0. The van der Waals surface area contributed by atoms with E-state index in [0.717, 1.165) is 16.6 Å². The van der Waals surface area contributed by atoms with Crippen molar-refractivity contribution in [3.8, 4) is 0 Å². The van der Waals surface area contributed by atoms with Crippen molar-refractivity contribution in [2.45, 2.75) is 20.1 Å². The lowest BCUT2D eigenvalue weighted by atomic mass is 10.2. The van der Waals surface area contributed by atoms with Gasteiger partial charge in [-0.05, 0) is 28.9 Å². The van der Waals surface area contributed by atoms with Gasteiger partial charge in [-0.1, -0.05) is 12.1 Å². The highest BCUT2D eigenvalue weighted by Gasteiger charge is 2.09. The van der Waals surface area contributed by atoms with Crippen molar-refractivity contribution in [3.05, 3.63) is 34.4 Å². The first-order chi connectivity index (χ1) is 7.27. The smallest absolute Gasteiger partial charge is 0.0950 e. The van der Waals surface area contributed by atoms with E-state index in [1.807, 2.05) is 12.1 Å². The lowest BCUT2D eigenvalue weighted by Crippen LogP contribution is -1.98. The monoisotopic (exact) mass is 268 g/mol. The molecule has 0 aliphatic heterocycles. The highest BCUT2D eigenvalue weighted by atomic mass is 79.9. The molecule has 0 amide bonds. The summed E-state index contributed by atoms with van der Waals surface area (Å²) in [4.78, 5) is 4.71. The van der Waals surface area contributed by atoms with E-state index in [1.54, 1.807) is 0 Å². The molecule has 0 saturated heterocycles. The molecule has 3 nitrogen and oxygen atoms in total. The fourth-order valence-corrected chi connectivity index (χ4v) is 2.44. The van der Waals surface area contributed by atoms with Crippen LogP contribution in [0.4, 0.5) is 0 Å². The quantitative estimate of drug-likeness (QED) is 0.870. The van der Waals surface area contributed by atoms with E-state index in [4.69, 9.17) is 10.7 Å². The summed E-state index contributed by atoms with van der Waals surface area (Å²) < 4.78 is 3.29. The van der Waals surface area contributed by atoms with E-state index < -0.39 is 0 Å². The summed E-state index contributed by atoms with van der Waals surface area (Å²) >= 11 is 3.56. The molecule has 80 valence electrons. The standard InChI is InChI=1S/C11H13BrN2O/c1-2-14-6-8(7-15-13)9-4-3-5-10(12)11(9)14/h3-6H,2,7,13H2,1H3. The molecule has 4 heteroatoms. The van der Waals surface area contributed by atoms with Gasteiger partial charge in [-0.25, -0.2) is 5.90 Å². The maximum Gasteiger partial charge on any atom is 0.0950 e. The predicted molar refractivity (Wildman–Crippen MR) is 64.3 cm³/mol. The van der Waals surface area contributed by atoms with Crippen molar-refractivity contribution >= 4 is 26.8 Å². The SMILES string of the molecule is CCn1cc(CON)c2cccc(Br)c21. The Labute approximate surface area is 96.9 Å². The first-order valence-corrected chi connectivity index (χ1v) is 5.65. The second kappa shape index (κ2) is 4.35. The zero-order chi connectivity index (χ0) is 10.8. The van der Waals surface area contributed by atoms with Crippen LogP contribution in [0.3, 0.4) is 0 Å². The minimum atomic E-state index is 0.444. The number of nitrogens with two attached hydrogens (primary N) is 1. The van der Waals surface area contributed by atoms with E-state index in [9.17, 15) is 0 Å². The van der Waals surface area contributed by atoms with Crippen molar-refractivity contribution in [1.82, 2.24) is 4.57 Å². The van der Waals surface area contributed by atoms with Crippen LogP contribution in [0, 0.1) is 0 Å². The van der Waals surface area contributed by atoms with Gasteiger partial charge < -0.3 is 4.57 Å². The zero-order valence-corrected chi connectivity index (χ0v) is 10.1. The maximum atomic E-state index is 5.12. The van der Waals surface area contributed by atoms with Crippen LogP contribution in [0.25, 0.3) is 10.9 Å². The molecular formula is C11H13BrN2O. The number of rotatable bonds is 3. The summed E-state index contributed by atoms with van der Waals surface area (Å²) in [6.45, 7) is 3.50. The topological polar surface area (TPSA) is 40.2 Å². The summed E-state index contributed by atoms with van der Waals surface area (Å²) in [5.41, 5.74) is 2.32. The molecule has 15 heavy (non-hydrogen) atoms. The second-order valence-electron chi connectivity index (χ2n) is 3.39. The van der Waals surface area contributed by atoms with E-state index >= 15 is 0 Å². The highest BCUT2D eigenvalue weighted by Crippen LogP contribution is 2.28. The molecule has 1 heterocycles.